The fourth-order valence-corrected chi connectivity index (χ4v) is 4.33. The van der Waals surface area contributed by atoms with Crippen LogP contribution in [-0.2, 0) is 32.2 Å². The Morgan fingerprint density at radius 2 is 1.39 bits per heavy atom. The van der Waals surface area contributed by atoms with Crippen molar-refractivity contribution in [3.8, 4) is 0 Å². The highest BCUT2D eigenvalue weighted by molar-refractivity contribution is 6.47. The van der Waals surface area contributed by atoms with Crippen LogP contribution < -0.4 is 10.6 Å². The summed E-state index contributed by atoms with van der Waals surface area (Å²) in [6, 6.07) is 17.2. The van der Waals surface area contributed by atoms with E-state index in [1.165, 1.54) is 32.4 Å². The van der Waals surface area contributed by atoms with Gasteiger partial charge in [-0.25, -0.2) is 9.59 Å². The summed E-state index contributed by atoms with van der Waals surface area (Å²) in [5.41, 5.74) is 1.91. The van der Waals surface area contributed by atoms with E-state index in [0.29, 0.717) is 16.1 Å². The maximum absolute atomic E-state index is 12.9. The molecule has 3 aromatic carbocycles. The van der Waals surface area contributed by atoms with Crippen molar-refractivity contribution in [2.24, 2.45) is 0 Å². The van der Waals surface area contributed by atoms with Crippen LogP contribution in [0.1, 0.15) is 42.2 Å². The number of methoxy groups -OCH3 is 2. The Kier molecular flexibility index (Phi) is 9.06. The average Bonchev–Trinajstić information content (AvgIpc) is 3.18. The quantitative estimate of drug-likeness (QED) is 0.277. The third-order valence-electron chi connectivity index (χ3n) is 6.14. The number of ether oxygens (including phenoxy) is 2. The van der Waals surface area contributed by atoms with Gasteiger partial charge in [0.05, 0.1) is 37.6 Å². The summed E-state index contributed by atoms with van der Waals surface area (Å²) in [6.45, 7) is 0.190. The van der Waals surface area contributed by atoms with Gasteiger partial charge in [-0.1, -0.05) is 47.5 Å². The molecule has 41 heavy (non-hydrogen) atoms. The standard InChI is InChI=1S/C29H23Cl2N3O7/c1-40-28(38)19-9-12-21(29(39)41-2)22(13-19)33-25(35)18-7-3-16(4-8-18)14-32-24-23(31)26(36)34(27(24)37)15-17-5-10-20(30)11-6-17/h3-13,32H,14-15H2,1-2H3,(H,33,35). The molecule has 0 atom stereocenters. The second-order valence-corrected chi connectivity index (χ2v) is 9.57. The van der Waals surface area contributed by atoms with E-state index in [0.717, 1.165) is 4.90 Å². The predicted octanol–water partition coefficient (Wildman–Crippen LogP) is 4.27. The van der Waals surface area contributed by atoms with Crippen molar-refractivity contribution in [1.29, 1.82) is 0 Å². The molecular formula is C29H23Cl2N3O7. The lowest BCUT2D eigenvalue weighted by Crippen LogP contribution is -2.33. The lowest BCUT2D eigenvalue weighted by atomic mass is 10.1. The van der Waals surface area contributed by atoms with Crippen LogP contribution in [-0.4, -0.2) is 48.8 Å². The third kappa shape index (κ3) is 6.56. The Hall–Kier alpha value is -4.67. The van der Waals surface area contributed by atoms with Gasteiger partial charge in [-0.3, -0.25) is 19.3 Å². The number of halogens is 2. The van der Waals surface area contributed by atoms with Crippen LogP contribution in [0.2, 0.25) is 5.02 Å². The first-order valence-electron chi connectivity index (χ1n) is 12.1. The van der Waals surface area contributed by atoms with Crippen LogP contribution >= 0.6 is 23.2 Å². The third-order valence-corrected chi connectivity index (χ3v) is 6.75. The van der Waals surface area contributed by atoms with E-state index in [9.17, 15) is 24.0 Å². The van der Waals surface area contributed by atoms with E-state index < -0.39 is 29.7 Å². The Labute approximate surface area is 244 Å². The van der Waals surface area contributed by atoms with Gasteiger partial charge >= 0.3 is 11.9 Å². The SMILES string of the molecule is COC(=O)c1ccc(C(=O)OC)c(NC(=O)c2ccc(CNC3=C(Cl)C(=O)N(Cc4ccc(Cl)cc4)C3=O)cc2)c1. The van der Waals surface area contributed by atoms with Gasteiger partial charge < -0.3 is 20.1 Å². The number of esters is 2. The normalized spacial score (nSPS) is 12.8. The summed E-state index contributed by atoms with van der Waals surface area (Å²) in [7, 11) is 2.41. The van der Waals surface area contributed by atoms with E-state index in [2.05, 4.69) is 10.6 Å². The molecule has 0 radical (unpaired) electrons. The molecule has 0 saturated heterocycles. The van der Waals surface area contributed by atoms with Gasteiger partial charge in [0.25, 0.3) is 17.7 Å². The molecule has 0 bridgehead atoms. The Morgan fingerprint density at radius 3 is 2.02 bits per heavy atom. The van der Waals surface area contributed by atoms with Crippen LogP contribution in [0.4, 0.5) is 5.69 Å². The number of hydrogen-bond donors (Lipinski definition) is 2. The van der Waals surface area contributed by atoms with E-state index >= 15 is 0 Å². The first-order valence-corrected chi connectivity index (χ1v) is 12.8. The van der Waals surface area contributed by atoms with Gasteiger partial charge in [-0.2, -0.15) is 0 Å². The van der Waals surface area contributed by atoms with Crippen molar-refractivity contribution in [2.45, 2.75) is 13.1 Å². The molecule has 1 aliphatic rings. The number of imide groups is 1. The molecular weight excluding hydrogens is 573 g/mol. The van der Waals surface area contributed by atoms with E-state index in [1.807, 2.05) is 0 Å². The summed E-state index contributed by atoms with van der Waals surface area (Å²) >= 11 is 12.1. The maximum atomic E-state index is 12.9. The van der Waals surface area contributed by atoms with Crippen LogP contribution in [0, 0.1) is 0 Å². The number of benzene rings is 3. The number of carbonyl (C=O) groups is 5. The minimum Gasteiger partial charge on any atom is -0.465 e. The zero-order chi connectivity index (χ0) is 29.7. The smallest absolute Gasteiger partial charge is 0.339 e. The van der Waals surface area contributed by atoms with Crippen LogP contribution in [0.15, 0.2) is 77.5 Å². The highest BCUT2D eigenvalue weighted by Gasteiger charge is 2.37. The molecule has 1 aliphatic heterocycles. The summed E-state index contributed by atoms with van der Waals surface area (Å²) in [6.07, 6.45) is 0. The second kappa shape index (κ2) is 12.7. The van der Waals surface area contributed by atoms with Gasteiger partial charge in [0, 0.05) is 17.1 Å². The molecule has 4 rings (SSSR count). The zero-order valence-electron chi connectivity index (χ0n) is 21.8. The van der Waals surface area contributed by atoms with Crippen molar-refractivity contribution in [1.82, 2.24) is 10.2 Å². The molecule has 12 heteroatoms. The predicted molar refractivity (Wildman–Crippen MR) is 150 cm³/mol. The van der Waals surface area contributed by atoms with Crippen molar-refractivity contribution in [3.63, 3.8) is 0 Å². The molecule has 0 spiro atoms. The van der Waals surface area contributed by atoms with Crippen molar-refractivity contribution in [2.75, 3.05) is 19.5 Å². The van der Waals surface area contributed by atoms with Gasteiger partial charge in [0.15, 0.2) is 0 Å². The Balaban J connectivity index is 1.42. The molecule has 3 amide bonds. The summed E-state index contributed by atoms with van der Waals surface area (Å²) < 4.78 is 9.46. The van der Waals surface area contributed by atoms with Gasteiger partial charge in [-0.15, -0.1) is 0 Å². The van der Waals surface area contributed by atoms with E-state index in [-0.39, 0.29) is 46.2 Å². The number of amides is 3. The molecule has 0 saturated carbocycles. The van der Waals surface area contributed by atoms with E-state index in [1.54, 1.807) is 48.5 Å². The van der Waals surface area contributed by atoms with Crippen molar-refractivity contribution < 1.29 is 33.4 Å². The fourth-order valence-electron chi connectivity index (χ4n) is 3.96. The van der Waals surface area contributed by atoms with Gasteiger partial charge in [0.2, 0.25) is 0 Å². The first kappa shape index (κ1) is 29.3. The number of hydrogen-bond acceptors (Lipinski definition) is 8. The van der Waals surface area contributed by atoms with Crippen LogP contribution in [0.25, 0.3) is 0 Å². The molecule has 10 nitrogen and oxygen atoms in total. The largest absolute Gasteiger partial charge is 0.465 e. The molecule has 0 fully saturated rings. The summed E-state index contributed by atoms with van der Waals surface area (Å²) in [5, 5.41) is 5.85. The minimum atomic E-state index is -0.697. The molecule has 210 valence electrons. The molecule has 0 unspecified atom stereocenters. The highest BCUT2D eigenvalue weighted by atomic mass is 35.5. The Bertz CT molecular complexity index is 1570. The first-order chi connectivity index (χ1) is 19.6. The van der Waals surface area contributed by atoms with Crippen LogP contribution in [0.5, 0.6) is 0 Å². The Morgan fingerprint density at radius 1 is 0.780 bits per heavy atom. The lowest BCUT2D eigenvalue weighted by molar-refractivity contribution is -0.138. The van der Waals surface area contributed by atoms with E-state index in [4.69, 9.17) is 32.7 Å². The second-order valence-electron chi connectivity index (χ2n) is 8.76. The molecule has 0 aromatic heterocycles. The van der Waals surface area contributed by atoms with Crippen molar-refractivity contribution in [3.05, 3.63) is 110 Å². The number of rotatable bonds is 9. The molecule has 0 aliphatic carbocycles. The minimum absolute atomic E-state index is 0.0201. The molecule has 2 N–H and O–H groups in total. The number of anilines is 1. The fraction of sp³-hybridized carbons (Fsp3) is 0.138. The molecule has 3 aromatic rings. The molecule has 1 heterocycles. The topological polar surface area (TPSA) is 131 Å². The van der Waals surface area contributed by atoms with Crippen LogP contribution in [0.3, 0.4) is 0 Å². The average molecular weight is 596 g/mol. The summed E-state index contributed by atoms with van der Waals surface area (Å²) in [5.74, 6) is -3.04. The van der Waals surface area contributed by atoms with Gasteiger partial charge in [0.1, 0.15) is 10.7 Å². The highest BCUT2D eigenvalue weighted by Crippen LogP contribution is 2.25. The zero-order valence-corrected chi connectivity index (χ0v) is 23.3. The number of nitrogens with zero attached hydrogens (tertiary/aromatic N) is 1. The summed E-state index contributed by atoms with van der Waals surface area (Å²) in [4.78, 5) is 63.5. The maximum Gasteiger partial charge on any atom is 0.339 e. The lowest BCUT2D eigenvalue weighted by Gasteiger charge is -2.15. The monoisotopic (exact) mass is 595 g/mol. The van der Waals surface area contributed by atoms with Gasteiger partial charge in [-0.05, 0) is 53.6 Å². The van der Waals surface area contributed by atoms with Crippen molar-refractivity contribution >= 4 is 58.5 Å². The number of nitrogens with one attached hydrogen (secondary N) is 2. The number of carbonyl (C=O) groups excluding carboxylic acids is 5.